The second-order valence-corrected chi connectivity index (χ2v) is 7.22. The summed E-state index contributed by atoms with van der Waals surface area (Å²) >= 11 is 0. The molecule has 0 atom stereocenters. The van der Waals surface area contributed by atoms with Crippen molar-refractivity contribution in [2.24, 2.45) is 5.92 Å². The summed E-state index contributed by atoms with van der Waals surface area (Å²) in [6, 6.07) is 0.277. The van der Waals surface area contributed by atoms with Gasteiger partial charge in [0.05, 0.1) is 7.11 Å². The molecule has 0 spiro atoms. The average Bonchev–Trinajstić information content (AvgIpc) is 3.16. The van der Waals surface area contributed by atoms with E-state index in [-0.39, 0.29) is 18.1 Å². The topological polar surface area (TPSA) is 73.3 Å². The Labute approximate surface area is 149 Å². The number of hydrogen-bond donors (Lipinski definition) is 1. The summed E-state index contributed by atoms with van der Waals surface area (Å²) in [4.78, 5) is 20.4. The first-order valence-corrected chi connectivity index (χ1v) is 9.55. The Morgan fingerprint density at radius 1 is 1.08 bits per heavy atom. The molecule has 138 valence electrons. The third-order valence-corrected chi connectivity index (χ3v) is 5.40. The zero-order chi connectivity index (χ0) is 17.5. The number of methoxy groups -OCH3 is 1. The van der Waals surface area contributed by atoms with Crippen LogP contribution in [-0.4, -0.2) is 35.1 Å². The highest BCUT2D eigenvalue weighted by Crippen LogP contribution is 2.29. The van der Waals surface area contributed by atoms with Crippen LogP contribution in [-0.2, 0) is 4.79 Å². The Bertz CT molecular complexity index is 553. The summed E-state index contributed by atoms with van der Waals surface area (Å²) in [5.74, 6) is 1.86. The third-order valence-electron chi connectivity index (χ3n) is 5.40. The molecule has 2 aliphatic carbocycles. The van der Waals surface area contributed by atoms with E-state index in [0.717, 1.165) is 38.0 Å². The lowest BCUT2D eigenvalue weighted by atomic mass is 9.92. The minimum absolute atomic E-state index is 0.109. The summed E-state index contributed by atoms with van der Waals surface area (Å²) in [6.45, 7) is 0. The Kier molecular flexibility index (Phi) is 6.48. The smallest absolute Gasteiger partial charge is 0.278 e. The first-order valence-electron chi connectivity index (χ1n) is 9.55. The summed E-state index contributed by atoms with van der Waals surface area (Å²) in [5.41, 5.74) is 0. The maximum absolute atomic E-state index is 12.1. The maximum Gasteiger partial charge on any atom is 0.278 e. The van der Waals surface area contributed by atoms with Crippen molar-refractivity contribution in [1.82, 2.24) is 15.3 Å². The van der Waals surface area contributed by atoms with Gasteiger partial charge in [-0.25, -0.2) is 9.97 Å². The molecule has 1 aromatic heterocycles. The lowest BCUT2D eigenvalue weighted by Gasteiger charge is -2.29. The number of carbonyl (C=O) groups is 1. The van der Waals surface area contributed by atoms with Gasteiger partial charge in [0.25, 0.3) is 11.8 Å². The first-order chi connectivity index (χ1) is 12.2. The Morgan fingerprint density at radius 2 is 1.76 bits per heavy atom. The molecule has 0 aromatic carbocycles. The van der Waals surface area contributed by atoms with Gasteiger partial charge in [0, 0.05) is 24.9 Å². The molecule has 3 rings (SSSR count). The van der Waals surface area contributed by atoms with Crippen molar-refractivity contribution in [3.8, 4) is 11.8 Å². The molecule has 2 aliphatic rings. The highest BCUT2D eigenvalue weighted by molar-refractivity contribution is 5.76. The number of rotatable bonds is 7. The highest BCUT2D eigenvalue weighted by atomic mass is 16.5. The van der Waals surface area contributed by atoms with Crippen molar-refractivity contribution in [3.63, 3.8) is 0 Å². The number of ether oxygens (including phenoxy) is 2. The first kappa shape index (κ1) is 18.0. The van der Waals surface area contributed by atoms with Crippen LogP contribution in [0.4, 0.5) is 0 Å². The summed E-state index contributed by atoms with van der Waals surface area (Å²) < 4.78 is 11.1. The summed E-state index contributed by atoms with van der Waals surface area (Å²) in [6.07, 6.45) is 14.0. The molecule has 0 bridgehead atoms. The molecule has 1 heterocycles. The molecule has 1 aromatic rings. The van der Waals surface area contributed by atoms with E-state index in [0.29, 0.717) is 18.2 Å². The van der Waals surface area contributed by atoms with Gasteiger partial charge < -0.3 is 14.8 Å². The molecule has 0 saturated heterocycles. The van der Waals surface area contributed by atoms with Crippen LogP contribution in [0.1, 0.15) is 64.2 Å². The summed E-state index contributed by atoms with van der Waals surface area (Å²) in [5, 5.41) is 3.20. The highest BCUT2D eigenvalue weighted by Gasteiger charge is 2.25. The van der Waals surface area contributed by atoms with Crippen molar-refractivity contribution in [1.29, 1.82) is 0 Å². The molecule has 0 radical (unpaired) electrons. The van der Waals surface area contributed by atoms with Gasteiger partial charge in [-0.1, -0.05) is 25.7 Å². The fourth-order valence-electron chi connectivity index (χ4n) is 3.95. The van der Waals surface area contributed by atoms with E-state index in [1.165, 1.54) is 25.7 Å². The molecular formula is C19H29N3O3. The zero-order valence-electron chi connectivity index (χ0n) is 15.1. The number of amides is 1. The molecule has 1 amide bonds. The van der Waals surface area contributed by atoms with Crippen molar-refractivity contribution in [2.45, 2.75) is 76.4 Å². The van der Waals surface area contributed by atoms with E-state index in [9.17, 15) is 4.79 Å². The van der Waals surface area contributed by atoms with Crippen LogP contribution >= 0.6 is 0 Å². The van der Waals surface area contributed by atoms with E-state index < -0.39 is 0 Å². The van der Waals surface area contributed by atoms with Crippen molar-refractivity contribution in [3.05, 3.63) is 12.4 Å². The molecular weight excluding hydrogens is 318 g/mol. The van der Waals surface area contributed by atoms with Gasteiger partial charge in [0.15, 0.2) is 0 Å². The van der Waals surface area contributed by atoms with Gasteiger partial charge in [0.1, 0.15) is 6.10 Å². The quantitative estimate of drug-likeness (QED) is 0.819. The Balaban J connectivity index is 1.37. The second-order valence-electron chi connectivity index (χ2n) is 7.22. The van der Waals surface area contributed by atoms with Gasteiger partial charge in [0.2, 0.25) is 5.91 Å². The fourth-order valence-corrected chi connectivity index (χ4v) is 3.95. The lowest BCUT2D eigenvalue weighted by molar-refractivity contribution is -0.122. The largest absolute Gasteiger partial charge is 0.477 e. The molecule has 2 fully saturated rings. The van der Waals surface area contributed by atoms with E-state index in [1.54, 1.807) is 19.5 Å². The molecule has 25 heavy (non-hydrogen) atoms. The van der Waals surface area contributed by atoms with Crippen LogP contribution in [0.5, 0.6) is 11.8 Å². The van der Waals surface area contributed by atoms with Crippen molar-refractivity contribution >= 4 is 5.91 Å². The van der Waals surface area contributed by atoms with Crippen LogP contribution in [0.3, 0.4) is 0 Å². The lowest BCUT2D eigenvalue weighted by Crippen LogP contribution is -2.39. The predicted octanol–water partition coefficient (Wildman–Crippen LogP) is 3.26. The minimum Gasteiger partial charge on any atom is -0.477 e. The maximum atomic E-state index is 12.1. The molecule has 1 N–H and O–H groups in total. The number of hydrogen-bond acceptors (Lipinski definition) is 5. The van der Waals surface area contributed by atoms with E-state index in [2.05, 4.69) is 15.3 Å². The van der Waals surface area contributed by atoms with Crippen LogP contribution < -0.4 is 14.8 Å². The number of nitrogens with zero attached hydrogens (tertiary/aromatic N) is 2. The predicted molar refractivity (Wildman–Crippen MR) is 94.6 cm³/mol. The molecule has 0 aliphatic heterocycles. The van der Waals surface area contributed by atoms with Gasteiger partial charge in [-0.05, 0) is 38.0 Å². The third kappa shape index (κ3) is 5.31. The molecule has 2 saturated carbocycles. The average molecular weight is 347 g/mol. The summed E-state index contributed by atoms with van der Waals surface area (Å²) in [7, 11) is 1.56. The Morgan fingerprint density at radius 3 is 2.44 bits per heavy atom. The van der Waals surface area contributed by atoms with Gasteiger partial charge in [-0.2, -0.15) is 0 Å². The van der Waals surface area contributed by atoms with Crippen LogP contribution in [0.15, 0.2) is 12.4 Å². The van der Waals surface area contributed by atoms with E-state index in [1.807, 2.05) is 0 Å². The zero-order valence-corrected chi connectivity index (χ0v) is 15.1. The number of carbonyl (C=O) groups excluding carboxylic acids is 1. The van der Waals surface area contributed by atoms with Crippen LogP contribution in [0.25, 0.3) is 0 Å². The van der Waals surface area contributed by atoms with Gasteiger partial charge >= 0.3 is 0 Å². The van der Waals surface area contributed by atoms with E-state index >= 15 is 0 Å². The second kappa shape index (κ2) is 9.02. The standard InChI is InChI=1S/C19H29N3O3/c1-24-18-19(21-13-12-20-18)25-16-9-7-15(8-10-16)22-17(23)11-6-14-4-2-3-5-14/h12-16H,2-11H2,1H3,(H,22,23). The normalized spacial score (nSPS) is 24.0. The van der Waals surface area contributed by atoms with Crippen LogP contribution in [0.2, 0.25) is 0 Å². The van der Waals surface area contributed by atoms with Crippen molar-refractivity contribution in [2.75, 3.05) is 7.11 Å². The molecule has 0 unspecified atom stereocenters. The molecule has 6 heteroatoms. The van der Waals surface area contributed by atoms with Gasteiger partial charge in [-0.15, -0.1) is 0 Å². The monoisotopic (exact) mass is 347 g/mol. The minimum atomic E-state index is 0.109. The number of nitrogens with one attached hydrogen (secondary N) is 1. The SMILES string of the molecule is COc1nccnc1OC1CCC(NC(=O)CCC2CCCC2)CC1. The molecule has 6 nitrogen and oxygen atoms in total. The van der Waals surface area contributed by atoms with Crippen LogP contribution in [0, 0.1) is 5.92 Å². The van der Waals surface area contributed by atoms with Crippen molar-refractivity contribution < 1.29 is 14.3 Å². The Hall–Kier alpha value is -1.85. The van der Waals surface area contributed by atoms with E-state index in [4.69, 9.17) is 9.47 Å². The van der Waals surface area contributed by atoms with Gasteiger partial charge in [-0.3, -0.25) is 4.79 Å². The fraction of sp³-hybridized carbons (Fsp3) is 0.737. The number of aromatic nitrogens is 2.